The number of carbonyl (C=O) groups is 1. The first kappa shape index (κ1) is 21.3. The van der Waals surface area contributed by atoms with E-state index in [2.05, 4.69) is 37.1 Å². The fourth-order valence-electron chi connectivity index (χ4n) is 5.19. The van der Waals surface area contributed by atoms with Crippen LogP contribution in [-0.4, -0.2) is 55.9 Å². The predicted molar refractivity (Wildman–Crippen MR) is 118 cm³/mol. The van der Waals surface area contributed by atoms with Gasteiger partial charge in [-0.1, -0.05) is 27.2 Å². The van der Waals surface area contributed by atoms with E-state index in [1.165, 1.54) is 23.3 Å². The van der Waals surface area contributed by atoms with E-state index >= 15 is 0 Å². The van der Waals surface area contributed by atoms with Gasteiger partial charge >= 0.3 is 0 Å². The molecule has 1 amide bonds. The quantitative estimate of drug-likeness (QED) is 0.786. The summed E-state index contributed by atoms with van der Waals surface area (Å²) in [6.07, 6.45) is 6.70. The van der Waals surface area contributed by atoms with E-state index in [1.807, 2.05) is 0 Å². The first-order valence-corrected chi connectivity index (χ1v) is 13.6. The van der Waals surface area contributed by atoms with E-state index in [1.54, 1.807) is 11.3 Å². The summed E-state index contributed by atoms with van der Waals surface area (Å²) in [5.74, 6) is 0.785. The monoisotopic (exact) mass is 438 g/mol. The molecule has 4 rings (SSSR count). The van der Waals surface area contributed by atoms with Crippen LogP contribution in [0.1, 0.15) is 66.6 Å². The molecule has 162 valence electrons. The summed E-state index contributed by atoms with van der Waals surface area (Å²) in [5, 5.41) is 3.10. The van der Waals surface area contributed by atoms with Crippen molar-refractivity contribution in [1.29, 1.82) is 0 Å². The number of thiophene rings is 1. The van der Waals surface area contributed by atoms with Crippen molar-refractivity contribution in [2.24, 2.45) is 11.3 Å². The lowest BCUT2D eigenvalue weighted by atomic mass is 9.72. The summed E-state index contributed by atoms with van der Waals surface area (Å²) >= 11 is 1.60. The Kier molecular flexibility index (Phi) is 5.86. The number of piperidine rings is 1. The molecule has 3 atom stereocenters. The zero-order chi connectivity index (χ0) is 20.8. The van der Waals surface area contributed by atoms with Crippen LogP contribution in [-0.2, 0) is 22.7 Å². The first-order valence-electron chi connectivity index (χ1n) is 11.0. The Bertz CT molecular complexity index is 863. The molecular weight excluding hydrogens is 404 g/mol. The Morgan fingerprint density at radius 2 is 1.90 bits per heavy atom. The summed E-state index contributed by atoms with van der Waals surface area (Å²) < 4.78 is 24.7. The second-order valence-corrected chi connectivity index (χ2v) is 13.5. The third kappa shape index (κ3) is 4.72. The van der Waals surface area contributed by atoms with Crippen molar-refractivity contribution in [2.75, 3.05) is 24.6 Å². The topological polar surface area (TPSA) is 66.5 Å². The van der Waals surface area contributed by atoms with E-state index < -0.39 is 9.84 Å². The van der Waals surface area contributed by atoms with E-state index in [0.29, 0.717) is 5.92 Å². The normalized spacial score (nSPS) is 30.1. The van der Waals surface area contributed by atoms with Gasteiger partial charge in [-0.05, 0) is 68.2 Å². The summed E-state index contributed by atoms with van der Waals surface area (Å²) in [4.78, 5) is 17.4. The molecule has 1 aliphatic carbocycles. The van der Waals surface area contributed by atoms with Crippen LogP contribution in [0, 0.1) is 11.3 Å². The summed E-state index contributed by atoms with van der Waals surface area (Å²) in [5.41, 5.74) is 1.60. The van der Waals surface area contributed by atoms with E-state index in [9.17, 15) is 13.2 Å². The molecule has 7 heteroatoms. The SMILES string of the molecule is CC(C)(C)C1CCc2sc(C(=O)NC3CS(=O)(=O)CC3N3CCCCC3)cc2C1. The highest BCUT2D eigenvalue weighted by Gasteiger charge is 2.42. The van der Waals surface area contributed by atoms with Crippen LogP contribution in [0.25, 0.3) is 0 Å². The molecule has 5 nitrogen and oxygen atoms in total. The van der Waals surface area contributed by atoms with Crippen LogP contribution in [0.3, 0.4) is 0 Å². The molecule has 0 spiro atoms. The Hall–Kier alpha value is -0.920. The number of aryl methyl sites for hydroxylation is 1. The van der Waals surface area contributed by atoms with Crippen LogP contribution >= 0.6 is 11.3 Å². The molecule has 0 saturated carbocycles. The van der Waals surface area contributed by atoms with Crippen molar-refractivity contribution < 1.29 is 13.2 Å². The fourth-order valence-corrected chi connectivity index (χ4v) is 8.25. The molecule has 1 aromatic heterocycles. The van der Waals surface area contributed by atoms with Crippen molar-refractivity contribution >= 4 is 27.1 Å². The molecule has 0 radical (unpaired) electrons. The van der Waals surface area contributed by atoms with Gasteiger partial charge < -0.3 is 5.32 Å². The third-order valence-electron chi connectivity index (χ3n) is 7.03. The molecule has 29 heavy (non-hydrogen) atoms. The second-order valence-electron chi connectivity index (χ2n) is 10.2. The minimum Gasteiger partial charge on any atom is -0.346 e. The number of nitrogens with one attached hydrogen (secondary N) is 1. The molecule has 0 aromatic carbocycles. The summed E-state index contributed by atoms with van der Waals surface area (Å²) in [6, 6.07) is 1.68. The van der Waals surface area contributed by atoms with Crippen LogP contribution in [0.5, 0.6) is 0 Å². The van der Waals surface area contributed by atoms with Gasteiger partial charge in [-0.25, -0.2) is 8.42 Å². The van der Waals surface area contributed by atoms with E-state index in [4.69, 9.17) is 0 Å². The minimum absolute atomic E-state index is 0.0666. The van der Waals surface area contributed by atoms with Crippen molar-refractivity contribution in [2.45, 2.75) is 71.4 Å². The number of sulfone groups is 1. The number of rotatable bonds is 3. The number of carbonyl (C=O) groups excluding carboxylic acids is 1. The highest BCUT2D eigenvalue weighted by atomic mass is 32.2. The van der Waals surface area contributed by atoms with Crippen LogP contribution in [0.15, 0.2) is 6.07 Å². The number of fused-ring (bicyclic) bond motifs is 1. The van der Waals surface area contributed by atoms with Gasteiger partial charge in [0.2, 0.25) is 0 Å². The Balaban J connectivity index is 1.47. The standard InChI is InChI=1S/C22H34N2O3S2/c1-22(2,3)16-7-8-19-15(11-16)12-20(28-19)21(25)23-17-13-29(26,27)14-18(17)24-9-5-4-6-10-24/h12,16-18H,4-11,13-14H2,1-3H3,(H,23,25). The first-order chi connectivity index (χ1) is 13.6. The third-order valence-corrected chi connectivity index (χ3v) is 9.98. The minimum atomic E-state index is -3.10. The molecule has 0 bridgehead atoms. The van der Waals surface area contributed by atoms with Gasteiger partial charge in [0.15, 0.2) is 9.84 Å². The molecule has 3 unspecified atom stereocenters. The summed E-state index contributed by atoms with van der Waals surface area (Å²) in [6.45, 7) is 8.76. The van der Waals surface area contributed by atoms with E-state index in [-0.39, 0.29) is 34.9 Å². The average Bonchev–Trinajstić information content (AvgIpc) is 3.21. The van der Waals surface area contributed by atoms with Crippen LogP contribution in [0.4, 0.5) is 0 Å². The van der Waals surface area contributed by atoms with Crippen molar-refractivity contribution in [3.8, 4) is 0 Å². The Morgan fingerprint density at radius 3 is 2.59 bits per heavy atom. The highest BCUT2D eigenvalue weighted by molar-refractivity contribution is 7.91. The number of likely N-dealkylation sites (tertiary alicyclic amines) is 1. The van der Waals surface area contributed by atoms with Gasteiger partial charge in [0.1, 0.15) is 0 Å². The molecule has 1 N–H and O–H groups in total. The second kappa shape index (κ2) is 7.97. The maximum atomic E-state index is 13.0. The van der Waals surface area contributed by atoms with Gasteiger partial charge in [0.25, 0.3) is 5.91 Å². The zero-order valence-electron chi connectivity index (χ0n) is 17.9. The maximum Gasteiger partial charge on any atom is 0.261 e. The number of hydrogen-bond donors (Lipinski definition) is 1. The number of amides is 1. The van der Waals surface area contributed by atoms with Crippen molar-refractivity contribution in [3.05, 3.63) is 21.4 Å². The molecule has 3 aliphatic rings. The van der Waals surface area contributed by atoms with Gasteiger partial charge in [-0.3, -0.25) is 9.69 Å². The lowest BCUT2D eigenvalue weighted by Gasteiger charge is -2.34. The lowest BCUT2D eigenvalue weighted by molar-refractivity contribution is 0.0904. The molecule has 1 aromatic rings. The molecule has 2 saturated heterocycles. The van der Waals surface area contributed by atoms with Crippen LogP contribution < -0.4 is 5.32 Å². The Labute approximate surface area is 179 Å². The van der Waals surface area contributed by atoms with Gasteiger partial charge in [-0.2, -0.15) is 0 Å². The summed E-state index contributed by atoms with van der Waals surface area (Å²) in [7, 11) is -3.10. The maximum absolute atomic E-state index is 13.0. The largest absolute Gasteiger partial charge is 0.346 e. The number of hydrogen-bond acceptors (Lipinski definition) is 5. The van der Waals surface area contributed by atoms with Crippen LogP contribution in [0.2, 0.25) is 0 Å². The fraction of sp³-hybridized carbons (Fsp3) is 0.773. The van der Waals surface area contributed by atoms with Crippen molar-refractivity contribution in [1.82, 2.24) is 10.2 Å². The molecular formula is C22H34N2O3S2. The lowest BCUT2D eigenvalue weighted by Crippen LogP contribution is -2.52. The average molecular weight is 439 g/mol. The van der Waals surface area contributed by atoms with E-state index in [0.717, 1.165) is 43.6 Å². The molecule has 3 heterocycles. The van der Waals surface area contributed by atoms with Gasteiger partial charge in [-0.15, -0.1) is 11.3 Å². The highest BCUT2D eigenvalue weighted by Crippen LogP contribution is 2.40. The van der Waals surface area contributed by atoms with Gasteiger partial charge in [0, 0.05) is 10.9 Å². The van der Waals surface area contributed by atoms with Crippen molar-refractivity contribution in [3.63, 3.8) is 0 Å². The Morgan fingerprint density at radius 1 is 1.17 bits per heavy atom. The smallest absolute Gasteiger partial charge is 0.261 e. The zero-order valence-corrected chi connectivity index (χ0v) is 19.5. The number of nitrogens with zero attached hydrogens (tertiary/aromatic N) is 1. The predicted octanol–water partition coefficient (Wildman–Crippen LogP) is 3.28. The molecule has 2 aliphatic heterocycles. The molecule has 2 fully saturated rings. The van der Waals surface area contributed by atoms with Gasteiger partial charge in [0.05, 0.1) is 22.4 Å².